The molecule has 4 aromatic rings. The number of anilines is 1. The monoisotopic (exact) mass is 383 g/mol. The molecular formula is C23H24N6. The second-order valence-electron chi connectivity index (χ2n) is 7.67. The highest BCUT2D eigenvalue weighted by Crippen LogP contribution is 2.35. The molecule has 0 radical (unpaired) electrons. The van der Waals surface area contributed by atoms with Crippen LogP contribution in [-0.2, 0) is 0 Å². The van der Waals surface area contributed by atoms with Crippen LogP contribution in [0.5, 0.6) is 0 Å². The van der Waals surface area contributed by atoms with Crippen LogP contribution < -0.4 is 4.90 Å². The van der Waals surface area contributed by atoms with Crippen molar-refractivity contribution in [1.82, 2.24) is 24.5 Å². The number of likely N-dealkylation sites (N-methyl/N-ethyl adjacent to an activating group) is 1. The standard InChI is InChI=1S/C23H24N6/c1-17-3-5-19(6-4-17)22-21(18-7-10-24-11-8-18)23-25-20(9-12-29(23)26-22)28-15-13-27(2)14-16-28/h3-12H,13-16H2,1-2H3/i2-1. The smallest absolute Gasteiger partial charge is 0.165 e. The Kier molecular flexibility index (Phi) is 4.48. The van der Waals surface area contributed by atoms with Gasteiger partial charge in [-0.2, -0.15) is 5.10 Å². The summed E-state index contributed by atoms with van der Waals surface area (Å²) in [4.78, 5) is 13.9. The number of hydrogen-bond donors (Lipinski definition) is 0. The fraction of sp³-hybridized carbons (Fsp3) is 0.261. The third kappa shape index (κ3) is 3.36. The summed E-state index contributed by atoms with van der Waals surface area (Å²) in [5.74, 6) is 1.01. The highest BCUT2D eigenvalue weighted by molar-refractivity contribution is 5.90. The van der Waals surface area contributed by atoms with Crippen molar-refractivity contribution >= 4 is 11.5 Å². The second kappa shape index (κ2) is 7.29. The minimum Gasteiger partial charge on any atom is -0.354 e. The summed E-state index contributed by atoms with van der Waals surface area (Å²) in [6.07, 6.45) is 5.67. The van der Waals surface area contributed by atoms with Crippen LogP contribution in [0.2, 0.25) is 0 Å². The van der Waals surface area contributed by atoms with Gasteiger partial charge in [0.2, 0.25) is 0 Å². The summed E-state index contributed by atoms with van der Waals surface area (Å²) in [5, 5.41) is 4.89. The molecule has 0 amide bonds. The molecule has 1 aliphatic heterocycles. The summed E-state index contributed by atoms with van der Waals surface area (Å²) >= 11 is 0. The van der Waals surface area contributed by atoms with Gasteiger partial charge in [0, 0.05) is 50.3 Å². The molecule has 0 atom stereocenters. The Morgan fingerprint density at radius 1 is 0.828 bits per heavy atom. The van der Waals surface area contributed by atoms with E-state index in [-0.39, 0.29) is 0 Å². The first-order valence-corrected chi connectivity index (χ1v) is 9.99. The molecule has 4 heterocycles. The SMILES string of the molecule is Cc1ccc(-c2nn3ccc(N4CCN([11CH3])CC4)nc3c2-c2ccncc2)cc1. The summed E-state index contributed by atoms with van der Waals surface area (Å²) < 4.78 is 1.89. The summed E-state index contributed by atoms with van der Waals surface area (Å²) in [6.45, 7) is 6.18. The van der Waals surface area contributed by atoms with Crippen LogP contribution in [0.1, 0.15) is 5.56 Å². The number of hydrogen-bond acceptors (Lipinski definition) is 5. The zero-order chi connectivity index (χ0) is 19.8. The average Bonchev–Trinajstić information content (AvgIpc) is 3.14. The van der Waals surface area contributed by atoms with E-state index in [2.05, 4.69) is 59.1 Å². The topological polar surface area (TPSA) is 49.6 Å². The van der Waals surface area contributed by atoms with Gasteiger partial charge in [0.05, 0.1) is 5.56 Å². The van der Waals surface area contributed by atoms with Gasteiger partial charge in [0.25, 0.3) is 0 Å². The van der Waals surface area contributed by atoms with Crippen molar-refractivity contribution in [1.29, 1.82) is 0 Å². The maximum Gasteiger partial charge on any atom is 0.165 e. The van der Waals surface area contributed by atoms with Crippen molar-refractivity contribution in [3.8, 4) is 22.4 Å². The lowest BCUT2D eigenvalue weighted by Crippen LogP contribution is -2.44. The Labute approximate surface area is 170 Å². The zero-order valence-electron chi connectivity index (χ0n) is 16.8. The third-order valence-electron chi connectivity index (χ3n) is 5.59. The van der Waals surface area contributed by atoms with E-state index in [9.17, 15) is 0 Å². The molecule has 3 aromatic heterocycles. The first-order chi connectivity index (χ1) is 14.2. The van der Waals surface area contributed by atoms with Crippen LogP contribution in [0, 0.1) is 6.92 Å². The Hall–Kier alpha value is -3.25. The number of fused-ring (bicyclic) bond motifs is 1. The molecule has 1 aromatic carbocycles. The Morgan fingerprint density at radius 2 is 1.55 bits per heavy atom. The fourth-order valence-electron chi connectivity index (χ4n) is 3.83. The van der Waals surface area contributed by atoms with E-state index in [1.807, 2.05) is 35.2 Å². The minimum atomic E-state index is 0.878. The van der Waals surface area contributed by atoms with Crippen molar-refractivity contribution in [3.05, 3.63) is 66.6 Å². The number of aromatic nitrogens is 4. The van der Waals surface area contributed by atoms with Crippen molar-refractivity contribution < 1.29 is 0 Å². The lowest BCUT2D eigenvalue weighted by atomic mass is 10.0. The number of pyridine rings is 1. The predicted molar refractivity (Wildman–Crippen MR) is 116 cm³/mol. The maximum absolute atomic E-state index is 5.05. The van der Waals surface area contributed by atoms with Gasteiger partial charge in [-0.25, -0.2) is 9.50 Å². The normalized spacial score (nSPS) is 15.2. The average molecular weight is 383 g/mol. The first-order valence-electron chi connectivity index (χ1n) is 9.99. The van der Waals surface area contributed by atoms with E-state index in [0.717, 1.165) is 60.0 Å². The largest absolute Gasteiger partial charge is 0.354 e. The van der Waals surface area contributed by atoms with Gasteiger partial charge in [-0.3, -0.25) is 4.98 Å². The zero-order valence-corrected chi connectivity index (χ0v) is 16.8. The molecule has 0 unspecified atom stereocenters. The van der Waals surface area contributed by atoms with Crippen LogP contribution in [0.3, 0.4) is 0 Å². The lowest BCUT2D eigenvalue weighted by Gasteiger charge is -2.33. The molecule has 1 fully saturated rings. The fourth-order valence-corrected chi connectivity index (χ4v) is 3.83. The number of piperazine rings is 1. The molecule has 0 aliphatic carbocycles. The third-order valence-corrected chi connectivity index (χ3v) is 5.59. The van der Waals surface area contributed by atoms with Crippen molar-refractivity contribution in [3.63, 3.8) is 0 Å². The molecule has 1 aliphatic rings. The highest BCUT2D eigenvalue weighted by Gasteiger charge is 2.20. The molecule has 0 bridgehead atoms. The van der Waals surface area contributed by atoms with Crippen LogP contribution >= 0.6 is 0 Å². The van der Waals surface area contributed by atoms with E-state index in [1.165, 1.54) is 5.56 Å². The van der Waals surface area contributed by atoms with Crippen LogP contribution in [-0.4, -0.2) is 57.7 Å². The molecule has 29 heavy (non-hydrogen) atoms. The van der Waals surface area contributed by atoms with Gasteiger partial charge < -0.3 is 9.80 Å². The first kappa shape index (κ1) is 17.8. The molecule has 0 spiro atoms. The van der Waals surface area contributed by atoms with E-state index in [0.29, 0.717) is 0 Å². The second-order valence-corrected chi connectivity index (χ2v) is 7.67. The number of rotatable bonds is 3. The van der Waals surface area contributed by atoms with Crippen molar-refractivity contribution in [2.45, 2.75) is 6.92 Å². The number of nitrogens with zero attached hydrogens (tertiary/aromatic N) is 6. The van der Waals surface area contributed by atoms with Gasteiger partial charge >= 0.3 is 0 Å². The molecule has 0 N–H and O–H groups in total. The van der Waals surface area contributed by atoms with Gasteiger partial charge in [-0.05, 0) is 37.7 Å². The Balaban J connectivity index is 1.68. The van der Waals surface area contributed by atoms with Gasteiger partial charge in [-0.15, -0.1) is 0 Å². The minimum absolute atomic E-state index is 0.878. The number of aryl methyl sites for hydroxylation is 1. The lowest BCUT2D eigenvalue weighted by molar-refractivity contribution is 0.312. The summed E-state index contributed by atoms with van der Waals surface area (Å²) in [5.41, 5.74) is 6.27. The molecular weight excluding hydrogens is 359 g/mol. The molecule has 5 rings (SSSR count). The van der Waals surface area contributed by atoms with E-state index in [1.54, 1.807) is 0 Å². The highest BCUT2D eigenvalue weighted by atomic mass is 15.3. The van der Waals surface area contributed by atoms with E-state index in [4.69, 9.17) is 10.1 Å². The molecule has 6 nitrogen and oxygen atoms in total. The number of benzene rings is 1. The summed E-state index contributed by atoms with van der Waals surface area (Å²) in [7, 11) is 2.17. The van der Waals surface area contributed by atoms with Gasteiger partial charge in [-0.1, -0.05) is 29.8 Å². The maximum atomic E-state index is 5.05. The van der Waals surface area contributed by atoms with Crippen molar-refractivity contribution in [2.75, 3.05) is 38.1 Å². The Morgan fingerprint density at radius 3 is 2.28 bits per heavy atom. The predicted octanol–water partition coefficient (Wildman–Crippen LogP) is 3.52. The van der Waals surface area contributed by atoms with Crippen LogP contribution in [0.4, 0.5) is 5.82 Å². The van der Waals surface area contributed by atoms with E-state index >= 15 is 0 Å². The van der Waals surface area contributed by atoms with E-state index < -0.39 is 0 Å². The Bertz CT molecular complexity index is 1130. The quantitative estimate of drug-likeness (QED) is 0.542. The van der Waals surface area contributed by atoms with Crippen LogP contribution in [0.15, 0.2) is 61.1 Å². The van der Waals surface area contributed by atoms with Gasteiger partial charge in [0.15, 0.2) is 5.65 Å². The van der Waals surface area contributed by atoms with Crippen LogP contribution in [0.25, 0.3) is 28.0 Å². The molecule has 0 saturated carbocycles. The molecule has 6 heteroatoms. The van der Waals surface area contributed by atoms with Crippen molar-refractivity contribution in [2.24, 2.45) is 0 Å². The van der Waals surface area contributed by atoms with Gasteiger partial charge in [0.1, 0.15) is 11.5 Å². The molecule has 146 valence electrons. The molecule has 1 saturated heterocycles. The summed E-state index contributed by atoms with van der Waals surface area (Å²) in [6, 6.07) is 14.6.